The monoisotopic (exact) mass is 199 g/mol. The quantitative estimate of drug-likeness (QED) is 0.712. The molecule has 1 saturated heterocycles. The molecule has 78 valence electrons. The van der Waals surface area contributed by atoms with Crippen LogP contribution < -0.4 is 5.32 Å². The molecule has 1 aromatic rings. The van der Waals surface area contributed by atoms with Crippen molar-refractivity contribution in [2.45, 2.75) is 12.6 Å². The molecule has 1 aliphatic heterocycles. The molecule has 6 nitrogen and oxygen atoms in total. The van der Waals surface area contributed by atoms with Crippen molar-refractivity contribution >= 4 is 0 Å². The number of rotatable bonds is 3. The Morgan fingerprint density at radius 1 is 1.36 bits per heavy atom. The van der Waals surface area contributed by atoms with E-state index in [0.29, 0.717) is 38.8 Å². The van der Waals surface area contributed by atoms with Crippen molar-refractivity contribution in [3.8, 4) is 0 Å². The molecule has 0 amide bonds. The molecule has 14 heavy (non-hydrogen) atoms. The van der Waals surface area contributed by atoms with Crippen LogP contribution in [0.15, 0.2) is 10.9 Å². The minimum atomic E-state index is 0.205. The number of ether oxygens (including phenoxy) is 2. The van der Waals surface area contributed by atoms with Crippen LogP contribution >= 0.6 is 0 Å². The van der Waals surface area contributed by atoms with Crippen LogP contribution in [0.25, 0.3) is 0 Å². The van der Waals surface area contributed by atoms with Crippen LogP contribution in [0, 0.1) is 0 Å². The highest BCUT2D eigenvalue weighted by molar-refractivity contribution is 4.79. The Morgan fingerprint density at radius 2 is 2.14 bits per heavy atom. The van der Waals surface area contributed by atoms with Crippen molar-refractivity contribution in [2.75, 3.05) is 26.4 Å². The molecule has 1 aromatic heterocycles. The molecule has 1 aliphatic rings. The second-order valence-electron chi connectivity index (χ2n) is 3.08. The van der Waals surface area contributed by atoms with E-state index in [4.69, 9.17) is 9.47 Å². The zero-order chi connectivity index (χ0) is 9.64. The summed E-state index contributed by atoms with van der Waals surface area (Å²) in [6.07, 6.45) is 1.32. The van der Waals surface area contributed by atoms with Gasteiger partial charge in [0.2, 0.25) is 6.39 Å². The second-order valence-corrected chi connectivity index (χ2v) is 3.08. The molecular weight excluding hydrogens is 186 g/mol. The number of hydrogen-bond donors (Lipinski definition) is 1. The third-order valence-electron chi connectivity index (χ3n) is 1.97. The molecule has 0 bridgehead atoms. The lowest BCUT2D eigenvalue weighted by atomic mass is 10.3. The van der Waals surface area contributed by atoms with E-state index in [2.05, 4.69) is 20.0 Å². The summed E-state index contributed by atoms with van der Waals surface area (Å²) < 4.78 is 15.3. The molecule has 2 rings (SSSR count). The minimum Gasteiger partial charge on any atom is -0.377 e. The van der Waals surface area contributed by atoms with Crippen LogP contribution in [-0.2, 0) is 16.0 Å². The van der Waals surface area contributed by atoms with Gasteiger partial charge in [-0.25, -0.2) is 0 Å². The molecular formula is C8H13N3O3. The fourth-order valence-electron chi connectivity index (χ4n) is 1.24. The lowest BCUT2D eigenvalue weighted by Gasteiger charge is -2.13. The van der Waals surface area contributed by atoms with Crippen molar-refractivity contribution in [3.05, 3.63) is 12.2 Å². The van der Waals surface area contributed by atoms with Gasteiger partial charge in [-0.1, -0.05) is 5.16 Å². The zero-order valence-electron chi connectivity index (χ0n) is 7.81. The van der Waals surface area contributed by atoms with Gasteiger partial charge in [0.05, 0.1) is 39.0 Å². The van der Waals surface area contributed by atoms with Gasteiger partial charge in [-0.3, -0.25) is 0 Å². The second kappa shape index (κ2) is 5.04. The third kappa shape index (κ3) is 2.76. The first-order chi connectivity index (χ1) is 6.95. The SMILES string of the molecule is c1nc(CNC2COCCOC2)no1. The third-order valence-corrected chi connectivity index (χ3v) is 1.97. The lowest BCUT2D eigenvalue weighted by Crippen LogP contribution is -2.35. The molecule has 0 aromatic carbocycles. The van der Waals surface area contributed by atoms with Crippen LogP contribution in [0.1, 0.15) is 5.82 Å². The maximum atomic E-state index is 5.33. The fourth-order valence-corrected chi connectivity index (χ4v) is 1.24. The fraction of sp³-hybridized carbons (Fsp3) is 0.750. The van der Waals surface area contributed by atoms with E-state index >= 15 is 0 Å². The van der Waals surface area contributed by atoms with E-state index in [1.807, 2.05) is 0 Å². The van der Waals surface area contributed by atoms with Crippen molar-refractivity contribution < 1.29 is 14.0 Å². The summed E-state index contributed by atoms with van der Waals surface area (Å²) in [5.74, 6) is 0.647. The van der Waals surface area contributed by atoms with Crippen molar-refractivity contribution in [1.29, 1.82) is 0 Å². The predicted octanol–water partition coefficient (Wildman–Crippen LogP) is -0.425. The molecule has 0 spiro atoms. The first kappa shape index (κ1) is 9.57. The highest BCUT2D eigenvalue weighted by atomic mass is 16.5. The van der Waals surface area contributed by atoms with Gasteiger partial charge in [0.25, 0.3) is 0 Å². The zero-order valence-corrected chi connectivity index (χ0v) is 7.81. The Bertz CT molecular complexity index is 244. The molecule has 1 N–H and O–H groups in total. The van der Waals surface area contributed by atoms with Gasteiger partial charge in [-0.05, 0) is 0 Å². The van der Waals surface area contributed by atoms with Gasteiger partial charge in [0.15, 0.2) is 5.82 Å². The van der Waals surface area contributed by atoms with Crippen LogP contribution in [0.4, 0.5) is 0 Å². The largest absolute Gasteiger partial charge is 0.377 e. The molecule has 0 radical (unpaired) electrons. The molecule has 0 saturated carbocycles. The van der Waals surface area contributed by atoms with Crippen molar-refractivity contribution in [2.24, 2.45) is 0 Å². The number of nitrogens with one attached hydrogen (secondary N) is 1. The van der Waals surface area contributed by atoms with E-state index in [9.17, 15) is 0 Å². The van der Waals surface area contributed by atoms with Gasteiger partial charge in [0.1, 0.15) is 0 Å². The first-order valence-electron chi connectivity index (χ1n) is 4.59. The summed E-state index contributed by atoms with van der Waals surface area (Å²) in [5.41, 5.74) is 0. The van der Waals surface area contributed by atoms with Crippen LogP contribution in [0.5, 0.6) is 0 Å². The van der Waals surface area contributed by atoms with Crippen LogP contribution in [0.2, 0.25) is 0 Å². The van der Waals surface area contributed by atoms with E-state index in [0.717, 1.165) is 0 Å². The minimum absolute atomic E-state index is 0.205. The highest BCUT2D eigenvalue weighted by Gasteiger charge is 2.12. The summed E-state index contributed by atoms with van der Waals surface area (Å²) in [6, 6.07) is 0.205. The van der Waals surface area contributed by atoms with E-state index in [1.54, 1.807) is 0 Å². The maximum Gasteiger partial charge on any atom is 0.213 e. The average Bonchev–Trinajstić information content (AvgIpc) is 2.58. The summed E-state index contributed by atoms with van der Waals surface area (Å²) in [7, 11) is 0. The Labute approximate surface area is 81.6 Å². The summed E-state index contributed by atoms with van der Waals surface area (Å²) >= 11 is 0. The van der Waals surface area contributed by atoms with Gasteiger partial charge in [0, 0.05) is 0 Å². The Balaban J connectivity index is 1.73. The smallest absolute Gasteiger partial charge is 0.213 e. The molecule has 1 fully saturated rings. The first-order valence-corrected chi connectivity index (χ1v) is 4.59. The van der Waals surface area contributed by atoms with Gasteiger partial charge < -0.3 is 19.3 Å². The molecule has 6 heteroatoms. The van der Waals surface area contributed by atoms with Crippen LogP contribution in [0.3, 0.4) is 0 Å². The van der Waals surface area contributed by atoms with Crippen LogP contribution in [-0.4, -0.2) is 42.6 Å². The number of hydrogen-bond acceptors (Lipinski definition) is 6. The molecule has 0 aliphatic carbocycles. The Kier molecular flexibility index (Phi) is 3.44. The number of aromatic nitrogens is 2. The normalized spacial score (nSPS) is 19.4. The predicted molar refractivity (Wildman–Crippen MR) is 46.6 cm³/mol. The highest BCUT2D eigenvalue weighted by Crippen LogP contribution is 1.96. The Hall–Kier alpha value is -0.980. The summed E-state index contributed by atoms with van der Waals surface area (Å²) in [5, 5.41) is 6.92. The van der Waals surface area contributed by atoms with E-state index < -0.39 is 0 Å². The van der Waals surface area contributed by atoms with Crippen molar-refractivity contribution in [1.82, 2.24) is 15.5 Å². The van der Waals surface area contributed by atoms with Crippen molar-refractivity contribution in [3.63, 3.8) is 0 Å². The molecule has 0 unspecified atom stereocenters. The lowest BCUT2D eigenvalue weighted by molar-refractivity contribution is 0.103. The summed E-state index contributed by atoms with van der Waals surface area (Å²) in [4.78, 5) is 3.90. The van der Waals surface area contributed by atoms with Gasteiger partial charge in [-0.2, -0.15) is 4.98 Å². The van der Waals surface area contributed by atoms with E-state index in [1.165, 1.54) is 6.39 Å². The topological polar surface area (TPSA) is 69.4 Å². The number of nitrogens with zero attached hydrogens (tertiary/aromatic N) is 2. The molecule has 0 atom stereocenters. The molecule has 2 heterocycles. The van der Waals surface area contributed by atoms with Gasteiger partial charge >= 0.3 is 0 Å². The summed E-state index contributed by atoms with van der Waals surface area (Å²) in [6.45, 7) is 3.24. The standard InChI is InChI=1S/C8H13N3O3/c1-2-13-5-7(4-12-1)9-3-8-10-6-14-11-8/h6-7,9H,1-5H2. The van der Waals surface area contributed by atoms with E-state index in [-0.39, 0.29) is 6.04 Å². The van der Waals surface area contributed by atoms with Gasteiger partial charge in [-0.15, -0.1) is 0 Å². The maximum absolute atomic E-state index is 5.33. The average molecular weight is 199 g/mol. The Morgan fingerprint density at radius 3 is 2.79 bits per heavy atom.